The molecule has 3 unspecified atom stereocenters. The Bertz CT molecular complexity index is 460. The van der Waals surface area contributed by atoms with E-state index in [0.29, 0.717) is 10.8 Å². The zero-order valence-electron chi connectivity index (χ0n) is 14.2. The summed E-state index contributed by atoms with van der Waals surface area (Å²) in [6, 6.07) is 0. The maximum absolute atomic E-state index is 4.13. The summed E-state index contributed by atoms with van der Waals surface area (Å²) in [7, 11) is 0. The lowest BCUT2D eigenvalue weighted by Gasteiger charge is -2.52. The minimum Gasteiger partial charge on any atom is -0.0995 e. The van der Waals surface area contributed by atoms with Crippen LogP contribution in [0.5, 0.6) is 0 Å². The van der Waals surface area contributed by atoms with Gasteiger partial charge in [-0.05, 0) is 74.0 Å². The first-order valence-corrected chi connectivity index (χ1v) is 8.61. The number of fused-ring (bicyclic) bond motifs is 4. The molecule has 5 aliphatic rings. The molecular weight excluding hydrogens is 240 g/mol. The van der Waals surface area contributed by atoms with Crippen LogP contribution in [0.1, 0.15) is 73.1 Å². The van der Waals surface area contributed by atoms with Gasteiger partial charge in [0.15, 0.2) is 0 Å². The molecule has 5 rings (SSSR count). The van der Waals surface area contributed by atoms with Crippen molar-refractivity contribution in [2.75, 3.05) is 0 Å². The molecule has 0 spiro atoms. The van der Waals surface area contributed by atoms with Gasteiger partial charge in [0.1, 0.15) is 0 Å². The van der Waals surface area contributed by atoms with Crippen LogP contribution in [-0.2, 0) is 0 Å². The summed E-state index contributed by atoms with van der Waals surface area (Å²) in [4.78, 5) is 0. The van der Waals surface area contributed by atoms with Crippen molar-refractivity contribution in [2.45, 2.75) is 73.1 Å². The minimum atomic E-state index is 0.586. The third-order valence-corrected chi connectivity index (χ3v) is 7.39. The van der Waals surface area contributed by atoms with E-state index in [1.807, 2.05) is 0 Å². The molecule has 3 atom stereocenters. The second kappa shape index (κ2) is 4.49. The molecule has 3 fully saturated rings. The van der Waals surface area contributed by atoms with Crippen molar-refractivity contribution in [3.8, 4) is 0 Å². The summed E-state index contributed by atoms with van der Waals surface area (Å²) in [6.07, 6.45) is 8.43. The highest BCUT2D eigenvalue weighted by atomic mass is 14.5. The molecule has 0 aliphatic heterocycles. The Balaban J connectivity index is 0.000000121. The Morgan fingerprint density at radius 3 is 1.90 bits per heavy atom. The Hall–Kier alpha value is -0.520. The summed E-state index contributed by atoms with van der Waals surface area (Å²) in [5.74, 6) is 2.84. The number of rotatable bonds is 0. The maximum Gasteiger partial charge on any atom is -0.0111 e. The molecule has 0 heterocycles. The zero-order chi connectivity index (χ0) is 14.7. The molecule has 0 aromatic rings. The van der Waals surface area contributed by atoms with Crippen molar-refractivity contribution in [3.63, 3.8) is 0 Å². The normalized spacial score (nSPS) is 39.2. The summed E-state index contributed by atoms with van der Waals surface area (Å²) in [6.45, 7) is 16.1. The smallest absolute Gasteiger partial charge is 0.0111 e. The van der Waals surface area contributed by atoms with Crippen molar-refractivity contribution >= 4 is 0 Å². The van der Waals surface area contributed by atoms with Crippen LogP contribution in [0, 0.1) is 28.6 Å². The average Bonchev–Trinajstić information content (AvgIpc) is 2.77. The fourth-order valence-electron chi connectivity index (χ4n) is 5.56. The van der Waals surface area contributed by atoms with Gasteiger partial charge < -0.3 is 0 Å². The van der Waals surface area contributed by atoms with E-state index in [2.05, 4.69) is 41.2 Å². The first-order valence-electron chi connectivity index (χ1n) is 8.61. The van der Waals surface area contributed by atoms with Crippen LogP contribution >= 0.6 is 0 Å². The lowest BCUT2D eigenvalue weighted by atomic mass is 9.52. The Labute approximate surface area is 125 Å². The highest BCUT2D eigenvalue weighted by molar-refractivity contribution is 5.32. The Kier molecular flexibility index (Phi) is 3.23. The van der Waals surface area contributed by atoms with Gasteiger partial charge >= 0.3 is 0 Å². The zero-order valence-corrected chi connectivity index (χ0v) is 14.2. The van der Waals surface area contributed by atoms with Gasteiger partial charge in [-0.3, -0.25) is 0 Å². The number of hydrogen-bond donors (Lipinski definition) is 0. The topological polar surface area (TPSA) is 0 Å². The molecule has 20 heavy (non-hydrogen) atoms. The van der Waals surface area contributed by atoms with Crippen molar-refractivity contribution < 1.29 is 0 Å². The van der Waals surface area contributed by atoms with Crippen molar-refractivity contribution in [3.05, 3.63) is 23.3 Å². The van der Waals surface area contributed by atoms with Gasteiger partial charge in [-0.2, -0.15) is 0 Å². The van der Waals surface area contributed by atoms with E-state index < -0.39 is 0 Å². The maximum atomic E-state index is 4.13. The third kappa shape index (κ3) is 1.94. The van der Waals surface area contributed by atoms with Gasteiger partial charge in [0.2, 0.25) is 0 Å². The molecule has 0 heteroatoms. The molecule has 5 aliphatic carbocycles. The number of hydrogen-bond acceptors (Lipinski definition) is 0. The van der Waals surface area contributed by atoms with Crippen LogP contribution in [0.25, 0.3) is 0 Å². The predicted octanol–water partition coefficient (Wildman–Crippen LogP) is 6.14. The van der Waals surface area contributed by atoms with Gasteiger partial charge in [-0.25, -0.2) is 0 Å². The van der Waals surface area contributed by atoms with E-state index in [0.717, 1.165) is 17.8 Å². The summed E-state index contributed by atoms with van der Waals surface area (Å²) >= 11 is 0. The lowest BCUT2D eigenvalue weighted by Crippen LogP contribution is -2.41. The molecule has 0 aromatic carbocycles. The van der Waals surface area contributed by atoms with E-state index in [1.54, 1.807) is 11.1 Å². The molecule has 3 saturated carbocycles. The van der Waals surface area contributed by atoms with Crippen LogP contribution in [0.4, 0.5) is 0 Å². The van der Waals surface area contributed by atoms with Gasteiger partial charge in [0.05, 0.1) is 0 Å². The average molecular weight is 272 g/mol. The molecule has 0 amide bonds. The summed E-state index contributed by atoms with van der Waals surface area (Å²) < 4.78 is 0. The van der Waals surface area contributed by atoms with E-state index in [-0.39, 0.29) is 0 Å². The quantitative estimate of drug-likeness (QED) is 0.464. The molecule has 0 nitrogen and oxygen atoms in total. The van der Waals surface area contributed by atoms with E-state index in [4.69, 9.17) is 0 Å². The van der Waals surface area contributed by atoms with E-state index in [1.165, 1.54) is 44.1 Å². The van der Waals surface area contributed by atoms with Crippen LogP contribution in [0.15, 0.2) is 23.3 Å². The van der Waals surface area contributed by atoms with Gasteiger partial charge in [0.25, 0.3) is 0 Å². The number of allylic oxidation sites excluding steroid dienone is 3. The predicted molar refractivity (Wildman–Crippen MR) is 87.6 cm³/mol. The molecular formula is C20H32. The van der Waals surface area contributed by atoms with E-state index in [9.17, 15) is 0 Å². The largest absolute Gasteiger partial charge is 0.0995 e. The Morgan fingerprint density at radius 2 is 1.65 bits per heavy atom. The standard InChI is InChI=1S/2C10H16/c1-7-6-8-4-5-9(7)10(8,2)3;1-7-4-5-8-6-9(7)10(8,2)3/h8-9H,1,4-6H2,2-3H3;8H,4-6H2,1-3H3. The second-order valence-electron chi connectivity index (χ2n) is 8.93. The lowest BCUT2D eigenvalue weighted by molar-refractivity contribution is 0.133. The van der Waals surface area contributed by atoms with Crippen LogP contribution in [0.3, 0.4) is 0 Å². The first-order chi connectivity index (χ1) is 9.24. The first kappa shape index (κ1) is 14.4. The minimum absolute atomic E-state index is 0.586. The van der Waals surface area contributed by atoms with Crippen LogP contribution in [-0.4, -0.2) is 0 Å². The SMILES string of the molecule is C=C1CC2CCC1C2(C)C.CC1=C2CC(CC1)C2(C)C. The monoisotopic (exact) mass is 272 g/mol. The highest BCUT2D eigenvalue weighted by Gasteiger charge is 2.49. The van der Waals surface area contributed by atoms with Crippen LogP contribution < -0.4 is 0 Å². The van der Waals surface area contributed by atoms with Gasteiger partial charge in [-0.1, -0.05) is 51.0 Å². The molecule has 0 aromatic heterocycles. The molecule has 0 saturated heterocycles. The summed E-state index contributed by atoms with van der Waals surface area (Å²) in [5, 5.41) is 0. The summed E-state index contributed by atoms with van der Waals surface area (Å²) in [5.41, 5.74) is 6.16. The van der Waals surface area contributed by atoms with Crippen molar-refractivity contribution in [1.29, 1.82) is 0 Å². The van der Waals surface area contributed by atoms with Gasteiger partial charge in [0, 0.05) is 0 Å². The molecule has 112 valence electrons. The molecule has 0 radical (unpaired) electrons. The van der Waals surface area contributed by atoms with E-state index >= 15 is 0 Å². The van der Waals surface area contributed by atoms with Crippen molar-refractivity contribution in [2.24, 2.45) is 28.6 Å². The molecule has 4 bridgehead atoms. The highest BCUT2D eigenvalue weighted by Crippen LogP contribution is 2.59. The van der Waals surface area contributed by atoms with Crippen molar-refractivity contribution in [1.82, 2.24) is 0 Å². The Morgan fingerprint density at radius 1 is 0.950 bits per heavy atom. The van der Waals surface area contributed by atoms with Crippen LogP contribution in [0.2, 0.25) is 0 Å². The third-order valence-electron chi connectivity index (χ3n) is 7.39. The second-order valence-corrected chi connectivity index (χ2v) is 8.93. The van der Waals surface area contributed by atoms with Gasteiger partial charge in [-0.15, -0.1) is 0 Å². The molecule has 0 N–H and O–H groups in total. The fraction of sp³-hybridized carbons (Fsp3) is 0.800. The fourth-order valence-corrected chi connectivity index (χ4v) is 5.56.